The molecule has 0 amide bonds. The first-order valence-electron chi connectivity index (χ1n) is 8.71. The number of aryl methyl sites for hydroxylation is 1. The van der Waals surface area contributed by atoms with Crippen LogP contribution < -0.4 is 9.47 Å². The second-order valence-corrected chi connectivity index (χ2v) is 7.85. The van der Waals surface area contributed by atoms with Gasteiger partial charge in [-0.05, 0) is 64.2 Å². The maximum atomic E-state index is 6.33. The van der Waals surface area contributed by atoms with Gasteiger partial charge in [0, 0.05) is 0 Å². The van der Waals surface area contributed by atoms with Crippen LogP contribution in [-0.2, 0) is 4.84 Å². The van der Waals surface area contributed by atoms with Crippen LogP contribution in [0.15, 0.2) is 21.8 Å². The van der Waals surface area contributed by atoms with Crippen LogP contribution in [0, 0.1) is 6.92 Å². The highest BCUT2D eigenvalue weighted by molar-refractivity contribution is 6.55. The molecule has 0 radical (unpaired) electrons. The quantitative estimate of drug-likeness (QED) is 0.187. The molecular formula is C19H25Cl4NO3. The second kappa shape index (κ2) is 13.4. The largest absolute Gasteiger partial charge is 0.492 e. The van der Waals surface area contributed by atoms with Crippen molar-refractivity contribution in [3.63, 3.8) is 0 Å². The van der Waals surface area contributed by atoms with E-state index < -0.39 is 0 Å². The molecule has 4 nitrogen and oxygen atoms in total. The first-order chi connectivity index (χ1) is 12.8. The minimum atomic E-state index is 0.133. The molecule has 0 unspecified atom stereocenters. The Morgan fingerprint density at radius 3 is 2.30 bits per heavy atom. The molecule has 0 heterocycles. The molecule has 0 bridgehead atoms. The number of hydrogen-bond donors (Lipinski definition) is 0. The lowest BCUT2D eigenvalue weighted by molar-refractivity contribution is 0.139. The Morgan fingerprint density at radius 1 is 1.00 bits per heavy atom. The highest BCUT2D eigenvalue weighted by Crippen LogP contribution is 2.41. The molecule has 0 aliphatic rings. The van der Waals surface area contributed by atoms with E-state index in [4.69, 9.17) is 60.7 Å². The Labute approximate surface area is 181 Å². The lowest BCUT2D eigenvalue weighted by Crippen LogP contribution is -2.02. The van der Waals surface area contributed by atoms with E-state index in [-0.39, 0.29) is 11.1 Å². The van der Waals surface area contributed by atoms with Gasteiger partial charge in [0.25, 0.3) is 0 Å². The van der Waals surface area contributed by atoms with Gasteiger partial charge in [-0.1, -0.05) is 51.6 Å². The van der Waals surface area contributed by atoms with Crippen molar-refractivity contribution in [2.75, 3.05) is 19.8 Å². The van der Waals surface area contributed by atoms with Gasteiger partial charge in [-0.25, -0.2) is 0 Å². The maximum Gasteiger partial charge on any atom is 0.142 e. The summed E-state index contributed by atoms with van der Waals surface area (Å²) in [5.41, 5.74) is 1.77. The van der Waals surface area contributed by atoms with E-state index in [9.17, 15) is 0 Å². The Kier molecular flexibility index (Phi) is 12.0. The van der Waals surface area contributed by atoms with Crippen LogP contribution in [0.3, 0.4) is 0 Å². The van der Waals surface area contributed by atoms with Gasteiger partial charge >= 0.3 is 0 Å². The van der Waals surface area contributed by atoms with Gasteiger partial charge in [0.2, 0.25) is 0 Å². The molecule has 0 spiro atoms. The molecule has 0 aliphatic carbocycles. The number of halogens is 4. The van der Waals surface area contributed by atoms with Crippen molar-refractivity contribution in [1.29, 1.82) is 0 Å². The standard InChI is InChI=1S/C19H25Cl4NO3/c1-13(2)24-27-10-7-5-4-6-9-26-19-14(3)12-15(17(22)18(19)23)25-11-8-16(20)21/h8,12H,4-7,9-11H2,1-3H3. The third-order valence-electron chi connectivity index (χ3n) is 3.41. The molecule has 27 heavy (non-hydrogen) atoms. The number of rotatable bonds is 12. The SMILES string of the molecule is CC(C)=NOCCCCCCOc1c(C)cc(OCC=C(Cl)Cl)c(Cl)c1Cl. The van der Waals surface area contributed by atoms with Crippen molar-refractivity contribution in [1.82, 2.24) is 0 Å². The molecule has 0 aliphatic heterocycles. The summed E-state index contributed by atoms with van der Waals surface area (Å²) in [6, 6.07) is 1.78. The summed E-state index contributed by atoms with van der Waals surface area (Å²) < 4.78 is 11.5. The normalized spacial score (nSPS) is 10.3. The van der Waals surface area contributed by atoms with Crippen molar-refractivity contribution >= 4 is 52.1 Å². The summed E-state index contributed by atoms with van der Waals surface area (Å²) in [7, 11) is 0. The van der Waals surface area contributed by atoms with Gasteiger partial charge < -0.3 is 14.3 Å². The molecule has 0 N–H and O–H groups in total. The smallest absolute Gasteiger partial charge is 0.142 e. The predicted molar refractivity (Wildman–Crippen MR) is 115 cm³/mol. The third-order valence-corrected chi connectivity index (χ3v) is 4.56. The molecule has 0 atom stereocenters. The van der Waals surface area contributed by atoms with E-state index in [0.29, 0.717) is 34.8 Å². The van der Waals surface area contributed by atoms with Crippen molar-refractivity contribution < 1.29 is 14.3 Å². The molecule has 0 aromatic heterocycles. The lowest BCUT2D eigenvalue weighted by Gasteiger charge is -2.15. The summed E-state index contributed by atoms with van der Waals surface area (Å²) >= 11 is 23.7. The predicted octanol–water partition coefficient (Wildman–Crippen LogP) is 7.35. The minimum Gasteiger partial charge on any atom is -0.492 e. The van der Waals surface area contributed by atoms with E-state index in [1.165, 1.54) is 6.08 Å². The Morgan fingerprint density at radius 2 is 1.67 bits per heavy atom. The van der Waals surface area contributed by atoms with Crippen LogP contribution in [0.2, 0.25) is 10.0 Å². The van der Waals surface area contributed by atoms with Crippen molar-refractivity contribution in [3.8, 4) is 11.5 Å². The first kappa shape index (κ1) is 24.2. The van der Waals surface area contributed by atoms with Crippen LogP contribution in [0.1, 0.15) is 45.1 Å². The third kappa shape index (κ3) is 9.79. The Bertz CT molecular complexity index is 655. The number of hydrogen-bond acceptors (Lipinski definition) is 4. The zero-order valence-electron chi connectivity index (χ0n) is 15.8. The monoisotopic (exact) mass is 455 g/mol. The average Bonchev–Trinajstić information content (AvgIpc) is 2.59. The van der Waals surface area contributed by atoms with Gasteiger partial charge in [0.15, 0.2) is 0 Å². The topological polar surface area (TPSA) is 40.0 Å². The highest BCUT2D eigenvalue weighted by Gasteiger charge is 2.15. The molecule has 152 valence electrons. The molecular weight excluding hydrogens is 432 g/mol. The van der Waals surface area contributed by atoms with Crippen LogP contribution in [-0.4, -0.2) is 25.5 Å². The van der Waals surface area contributed by atoms with Gasteiger partial charge in [-0.3, -0.25) is 0 Å². The Balaban J connectivity index is 2.41. The highest BCUT2D eigenvalue weighted by atomic mass is 35.5. The maximum absolute atomic E-state index is 6.33. The van der Waals surface area contributed by atoms with Crippen LogP contribution in [0.4, 0.5) is 0 Å². The molecule has 1 rings (SSSR count). The minimum absolute atomic E-state index is 0.133. The average molecular weight is 457 g/mol. The zero-order valence-corrected chi connectivity index (χ0v) is 18.8. The Hall–Kier alpha value is -0.810. The summed E-state index contributed by atoms with van der Waals surface area (Å²) in [6.07, 6.45) is 5.50. The van der Waals surface area contributed by atoms with Crippen molar-refractivity contribution in [3.05, 3.63) is 32.2 Å². The lowest BCUT2D eigenvalue weighted by atomic mass is 10.2. The van der Waals surface area contributed by atoms with Gasteiger partial charge in [0.05, 0.1) is 12.3 Å². The van der Waals surface area contributed by atoms with Crippen LogP contribution in [0.25, 0.3) is 0 Å². The van der Waals surface area contributed by atoms with Crippen molar-refractivity contribution in [2.24, 2.45) is 5.16 Å². The van der Waals surface area contributed by atoms with E-state index in [1.807, 2.05) is 20.8 Å². The number of benzene rings is 1. The zero-order chi connectivity index (χ0) is 20.2. The first-order valence-corrected chi connectivity index (χ1v) is 10.2. The molecule has 0 saturated heterocycles. The second-order valence-electron chi connectivity index (χ2n) is 6.09. The fourth-order valence-corrected chi connectivity index (χ4v) is 2.77. The number of oxime groups is 1. The van der Waals surface area contributed by atoms with Gasteiger partial charge in [0.1, 0.15) is 39.2 Å². The van der Waals surface area contributed by atoms with Gasteiger partial charge in [-0.15, -0.1) is 0 Å². The molecule has 1 aromatic carbocycles. The summed E-state index contributed by atoms with van der Waals surface area (Å²) in [5, 5.41) is 4.55. The summed E-state index contributed by atoms with van der Waals surface area (Å²) in [6.45, 7) is 7.10. The fraction of sp³-hybridized carbons (Fsp3) is 0.526. The van der Waals surface area contributed by atoms with Crippen molar-refractivity contribution in [2.45, 2.75) is 46.5 Å². The summed E-state index contributed by atoms with van der Waals surface area (Å²) in [4.78, 5) is 5.16. The fourth-order valence-electron chi connectivity index (χ4n) is 2.15. The van der Waals surface area contributed by atoms with E-state index >= 15 is 0 Å². The summed E-state index contributed by atoms with van der Waals surface area (Å²) in [5.74, 6) is 1.04. The number of ether oxygens (including phenoxy) is 2. The van der Waals surface area contributed by atoms with E-state index in [1.54, 1.807) is 6.07 Å². The van der Waals surface area contributed by atoms with E-state index in [0.717, 1.165) is 37.0 Å². The van der Waals surface area contributed by atoms with Crippen LogP contribution in [0.5, 0.6) is 11.5 Å². The molecule has 8 heteroatoms. The van der Waals surface area contributed by atoms with Crippen LogP contribution >= 0.6 is 46.4 Å². The molecule has 0 fully saturated rings. The van der Waals surface area contributed by atoms with Gasteiger partial charge in [-0.2, -0.15) is 0 Å². The number of nitrogens with zero attached hydrogens (tertiary/aromatic N) is 1. The van der Waals surface area contributed by atoms with E-state index in [2.05, 4.69) is 5.16 Å². The molecule has 0 saturated carbocycles. The molecule has 1 aromatic rings. The number of unbranched alkanes of at least 4 members (excludes halogenated alkanes) is 3.